The Labute approximate surface area is 117 Å². The zero-order valence-corrected chi connectivity index (χ0v) is 12.1. The molecule has 3 rings (SSSR count). The first-order chi connectivity index (χ1) is 9.43. The highest BCUT2D eigenvalue weighted by atomic mass is 32.2. The first kappa shape index (κ1) is 13.3. The van der Waals surface area contributed by atoms with Crippen molar-refractivity contribution in [1.29, 1.82) is 0 Å². The number of fused-ring (bicyclic) bond motifs is 1. The van der Waals surface area contributed by atoms with Crippen molar-refractivity contribution >= 4 is 19.7 Å². The van der Waals surface area contributed by atoms with Crippen molar-refractivity contribution in [3.63, 3.8) is 0 Å². The zero-order chi connectivity index (χ0) is 14.4. The third-order valence-electron chi connectivity index (χ3n) is 3.42. The summed E-state index contributed by atoms with van der Waals surface area (Å²) in [7, 11) is -7.23. The number of benzene rings is 2. The van der Waals surface area contributed by atoms with Gasteiger partial charge in [-0.3, -0.25) is 0 Å². The lowest BCUT2D eigenvalue weighted by molar-refractivity contribution is 0.582. The van der Waals surface area contributed by atoms with E-state index >= 15 is 0 Å². The zero-order valence-electron chi connectivity index (χ0n) is 10.4. The Kier molecular flexibility index (Phi) is 2.95. The molecule has 2 aromatic rings. The largest absolute Gasteiger partial charge is 0.224 e. The van der Waals surface area contributed by atoms with Crippen LogP contribution in [0.3, 0.4) is 0 Å². The van der Waals surface area contributed by atoms with Crippen molar-refractivity contribution in [3.8, 4) is 0 Å². The third kappa shape index (κ3) is 1.96. The second-order valence-corrected chi connectivity index (χ2v) is 8.80. The van der Waals surface area contributed by atoms with Crippen molar-refractivity contribution in [2.24, 2.45) is 0 Å². The Morgan fingerprint density at radius 1 is 0.900 bits per heavy atom. The summed E-state index contributed by atoms with van der Waals surface area (Å²) >= 11 is 0. The van der Waals surface area contributed by atoms with Gasteiger partial charge >= 0.3 is 0 Å². The van der Waals surface area contributed by atoms with Gasteiger partial charge in [-0.25, -0.2) is 16.8 Å². The van der Waals surface area contributed by atoms with Gasteiger partial charge in [0, 0.05) is 0 Å². The first-order valence-corrected chi connectivity index (χ1v) is 9.23. The van der Waals surface area contributed by atoms with E-state index in [4.69, 9.17) is 0 Å². The molecule has 0 aromatic heterocycles. The first-order valence-electron chi connectivity index (χ1n) is 6.03. The summed E-state index contributed by atoms with van der Waals surface area (Å²) < 4.78 is 49.4. The fourth-order valence-corrected chi connectivity index (χ4v) is 6.79. The molecule has 0 amide bonds. The van der Waals surface area contributed by atoms with Gasteiger partial charge in [-0.05, 0) is 23.8 Å². The average molecular weight is 308 g/mol. The Morgan fingerprint density at radius 3 is 2.20 bits per heavy atom. The Balaban J connectivity index is 2.19. The van der Waals surface area contributed by atoms with Crippen molar-refractivity contribution in [1.82, 2.24) is 0 Å². The molecule has 0 unspecified atom stereocenters. The van der Waals surface area contributed by atoms with E-state index in [1.807, 2.05) is 0 Å². The van der Waals surface area contributed by atoms with Crippen molar-refractivity contribution in [2.45, 2.75) is 15.0 Å². The Morgan fingerprint density at radius 2 is 1.50 bits per heavy atom. The van der Waals surface area contributed by atoms with E-state index in [9.17, 15) is 16.8 Å². The average Bonchev–Trinajstić information content (AvgIpc) is 2.73. The molecule has 0 spiro atoms. The molecule has 0 bridgehead atoms. The maximum Gasteiger partial charge on any atom is 0.186 e. The number of rotatable bonds is 2. The van der Waals surface area contributed by atoms with Crippen LogP contribution >= 0.6 is 0 Å². The molecular formula is C14H12O4S2. The predicted molar refractivity (Wildman–Crippen MR) is 74.9 cm³/mol. The van der Waals surface area contributed by atoms with Gasteiger partial charge in [0.15, 0.2) is 19.7 Å². The van der Waals surface area contributed by atoms with Crippen LogP contribution in [-0.2, 0) is 19.7 Å². The molecule has 0 aliphatic carbocycles. The molecule has 0 saturated heterocycles. The molecular weight excluding hydrogens is 296 g/mol. The SMILES string of the molecule is O=S1(=O)C[C@H](S(=O)(=O)c2ccccc2)c2ccccc21. The van der Waals surface area contributed by atoms with Crippen LogP contribution in [0.15, 0.2) is 64.4 Å². The van der Waals surface area contributed by atoms with Crippen molar-refractivity contribution in [2.75, 3.05) is 5.75 Å². The van der Waals surface area contributed by atoms with Crippen LogP contribution in [0.5, 0.6) is 0 Å². The van der Waals surface area contributed by atoms with E-state index in [1.54, 1.807) is 36.4 Å². The fourth-order valence-electron chi connectivity index (χ4n) is 2.44. The predicted octanol–water partition coefficient (Wildman–Crippen LogP) is 1.99. The highest BCUT2D eigenvalue weighted by Gasteiger charge is 2.42. The lowest BCUT2D eigenvalue weighted by atomic mass is 10.2. The van der Waals surface area contributed by atoms with Crippen LogP contribution in [0.25, 0.3) is 0 Å². The van der Waals surface area contributed by atoms with Gasteiger partial charge in [0.2, 0.25) is 0 Å². The fraction of sp³-hybridized carbons (Fsp3) is 0.143. The molecule has 0 N–H and O–H groups in total. The minimum Gasteiger partial charge on any atom is -0.224 e. The van der Waals surface area contributed by atoms with Crippen molar-refractivity contribution in [3.05, 3.63) is 60.2 Å². The minimum atomic E-state index is -3.70. The molecule has 1 aliphatic heterocycles. The van der Waals surface area contributed by atoms with Gasteiger partial charge < -0.3 is 0 Å². The normalized spacial score (nSPS) is 20.5. The number of hydrogen-bond donors (Lipinski definition) is 0. The molecule has 1 atom stereocenters. The maximum atomic E-state index is 12.6. The maximum absolute atomic E-state index is 12.6. The second-order valence-electron chi connectivity index (χ2n) is 4.67. The topological polar surface area (TPSA) is 68.3 Å². The highest BCUT2D eigenvalue weighted by Crippen LogP contribution is 2.40. The monoisotopic (exact) mass is 308 g/mol. The summed E-state index contributed by atoms with van der Waals surface area (Å²) in [5, 5.41) is -1.02. The molecule has 20 heavy (non-hydrogen) atoms. The molecule has 2 aromatic carbocycles. The van der Waals surface area contributed by atoms with Crippen LogP contribution in [0, 0.1) is 0 Å². The molecule has 1 aliphatic rings. The van der Waals surface area contributed by atoms with E-state index in [0.29, 0.717) is 5.56 Å². The summed E-state index contributed by atoms with van der Waals surface area (Å²) in [6.07, 6.45) is 0. The van der Waals surface area contributed by atoms with Crippen LogP contribution in [0.4, 0.5) is 0 Å². The third-order valence-corrected chi connectivity index (χ3v) is 7.54. The standard InChI is InChI=1S/C14H12O4S2/c15-19(16)10-14(12-8-4-5-9-13(12)19)20(17,18)11-6-2-1-3-7-11/h1-9,14H,10H2/t14-/m0/s1. The van der Waals surface area contributed by atoms with Gasteiger partial charge in [0.05, 0.1) is 15.5 Å². The lowest BCUT2D eigenvalue weighted by Crippen LogP contribution is -2.15. The summed E-state index contributed by atoms with van der Waals surface area (Å²) in [5.41, 5.74) is 0.372. The molecule has 6 heteroatoms. The van der Waals surface area contributed by atoms with Gasteiger partial charge in [-0.1, -0.05) is 36.4 Å². The summed E-state index contributed by atoms with van der Waals surface area (Å²) in [6, 6.07) is 14.3. The smallest absolute Gasteiger partial charge is 0.186 e. The molecule has 1 heterocycles. The van der Waals surface area contributed by atoms with Gasteiger partial charge in [-0.15, -0.1) is 0 Å². The molecule has 0 radical (unpaired) electrons. The summed E-state index contributed by atoms with van der Waals surface area (Å²) in [5.74, 6) is -0.385. The van der Waals surface area contributed by atoms with Crippen LogP contribution in [0.1, 0.15) is 10.8 Å². The summed E-state index contributed by atoms with van der Waals surface area (Å²) in [4.78, 5) is 0.279. The van der Waals surface area contributed by atoms with Crippen LogP contribution in [-0.4, -0.2) is 22.6 Å². The number of hydrogen-bond acceptors (Lipinski definition) is 4. The van der Waals surface area contributed by atoms with Crippen LogP contribution < -0.4 is 0 Å². The molecule has 4 nitrogen and oxygen atoms in total. The van der Waals surface area contributed by atoms with E-state index in [1.165, 1.54) is 18.2 Å². The van der Waals surface area contributed by atoms with E-state index < -0.39 is 24.9 Å². The van der Waals surface area contributed by atoms with Crippen molar-refractivity contribution < 1.29 is 16.8 Å². The van der Waals surface area contributed by atoms with E-state index in [-0.39, 0.29) is 15.5 Å². The molecule has 0 saturated carbocycles. The Hall–Kier alpha value is -1.66. The van der Waals surface area contributed by atoms with Gasteiger partial charge in [0.1, 0.15) is 5.25 Å². The van der Waals surface area contributed by atoms with E-state index in [0.717, 1.165) is 0 Å². The summed E-state index contributed by atoms with van der Waals surface area (Å²) in [6.45, 7) is 0. The number of sulfone groups is 2. The van der Waals surface area contributed by atoms with Crippen LogP contribution in [0.2, 0.25) is 0 Å². The quantitative estimate of drug-likeness (QED) is 0.851. The minimum absolute atomic E-state index is 0.129. The van der Waals surface area contributed by atoms with E-state index in [2.05, 4.69) is 0 Å². The molecule has 0 fully saturated rings. The Bertz CT molecular complexity index is 853. The second kappa shape index (κ2) is 4.43. The van der Waals surface area contributed by atoms with Gasteiger partial charge in [-0.2, -0.15) is 0 Å². The molecule has 104 valence electrons. The highest BCUT2D eigenvalue weighted by molar-refractivity contribution is 7.96. The lowest BCUT2D eigenvalue weighted by Gasteiger charge is -2.11. The van der Waals surface area contributed by atoms with Gasteiger partial charge in [0.25, 0.3) is 0 Å².